The molecule has 0 saturated heterocycles. The van der Waals surface area contributed by atoms with E-state index in [1.54, 1.807) is 30.3 Å². The van der Waals surface area contributed by atoms with Crippen molar-refractivity contribution in [2.75, 3.05) is 32.7 Å². The van der Waals surface area contributed by atoms with Crippen LogP contribution in [0.3, 0.4) is 0 Å². The summed E-state index contributed by atoms with van der Waals surface area (Å²) in [7, 11) is 0. The van der Waals surface area contributed by atoms with Crippen LogP contribution in [0.5, 0.6) is 0 Å². The molecular weight excluding hydrogens is 600 g/mol. The molecule has 46 heavy (non-hydrogen) atoms. The zero-order chi connectivity index (χ0) is 32.7. The van der Waals surface area contributed by atoms with Crippen molar-refractivity contribution in [3.05, 3.63) is 103 Å². The maximum absolute atomic E-state index is 13.1. The first-order valence-corrected chi connectivity index (χ1v) is 14.2. The summed E-state index contributed by atoms with van der Waals surface area (Å²) in [4.78, 5) is 88.4. The Morgan fingerprint density at radius 2 is 1.15 bits per heavy atom. The summed E-state index contributed by atoms with van der Waals surface area (Å²) in [6.45, 7) is 0.260. The van der Waals surface area contributed by atoms with E-state index in [-0.39, 0.29) is 47.7 Å². The van der Waals surface area contributed by atoms with Gasteiger partial charge in [-0.3, -0.25) is 54.0 Å². The number of non-ortho nitro benzene ring substituents is 2. The molecule has 0 fully saturated rings. The summed E-state index contributed by atoms with van der Waals surface area (Å²) in [6.07, 6.45) is 0.361. The number of nitro groups is 2. The van der Waals surface area contributed by atoms with Gasteiger partial charge in [0.05, 0.1) is 21.0 Å². The average Bonchev–Trinajstić information content (AvgIpc) is 3.04. The van der Waals surface area contributed by atoms with E-state index in [1.807, 2.05) is 0 Å². The predicted octanol–water partition coefficient (Wildman–Crippen LogP) is 2.80. The Kier molecular flexibility index (Phi) is 7.67. The Balaban J connectivity index is 1.00. The van der Waals surface area contributed by atoms with Gasteiger partial charge in [-0.2, -0.15) is 0 Å². The van der Waals surface area contributed by atoms with E-state index in [4.69, 9.17) is 0 Å². The van der Waals surface area contributed by atoms with E-state index >= 15 is 0 Å². The molecule has 0 unspecified atom stereocenters. The van der Waals surface area contributed by atoms with Crippen LogP contribution in [0.4, 0.5) is 11.4 Å². The van der Waals surface area contributed by atoms with Crippen LogP contribution in [0.2, 0.25) is 0 Å². The number of rotatable bonds is 11. The topological polar surface area (TPSA) is 202 Å². The van der Waals surface area contributed by atoms with Crippen LogP contribution in [0.15, 0.2) is 60.7 Å². The molecule has 0 spiro atoms. The van der Waals surface area contributed by atoms with Crippen molar-refractivity contribution < 1.29 is 33.8 Å². The molecule has 5 amide bonds. The molecule has 0 aromatic heterocycles. The molecule has 2 heterocycles. The third-order valence-electron chi connectivity index (χ3n) is 7.91. The first-order chi connectivity index (χ1) is 22.1. The lowest BCUT2D eigenvalue weighted by Crippen LogP contribution is -2.47. The Hall–Kier alpha value is -6.09. The molecule has 15 nitrogen and oxygen atoms in total. The minimum absolute atomic E-state index is 0.0297. The van der Waals surface area contributed by atoms with Crippen LogP contribution in [-0.4, -0.2) is 81.9 Å². The quantitative estimate of drug-likeness (QED) is 0.108. The van der Waals surface area contributed by atoms with E-state index in [0.717, 1.165) is 15.9 Å². The lowest BCUT2D eigenvalue weighted by Gasteiger charge is -2.27. The molecule has 0 saturated carbocycles. The summed E-state index contributed by atoms with van der Waals surface area (Å²) in [5.74, 6) is -3.20. The van der Waals surface area contributed by atoms with Crippen molar-refractivity contribution in [1.82, 2.24) is 20.4 Å². The monoisotopic (exact) mass is 624 g/mol. The number of hydrogen-bond donors (Lipinski definition) is 2. The average molecular weight is 625 g/mol. The van der Waals surface area contributed by atoms with E-state index in [1.165, 1.54) is 24.3 Å². The number of carbonyl (C=O) groups is 5. The minimum Gasteiger partial charge on any atom is -0.353 e. The Morgan fingerprint density at radius 3 is 1.70 bits per heavy atom. The third-order valence-corrected chi connectivity index (χ3v) is 7.91. The molecule has 0 aliphatic carbocycles. The number of nitrogens with zero attached hydrogens (tertiary/aromatic N) is 4. The molecule has 4 aromatic rings. The number of carbonyl (C=O) groups excluding carboxylic acids is 5. The Morgan fingerprint density at radius 1 is 0.652 bits per heavy atom. The van der Waals surface area contributed by atoms with Gasteiger partial charge in [0.2, 0.25) is 5.91 Å². The fraction of sp³-hybridized carbons (Fsp3) is 0.194. The van der Waals surface area contributed by atoms with Crippen molar-refractivity contribution in [1.29, 1.82) is 0 Å². The number of imide groups is 2. The largest absolute Gasteiger partial charge is 0.353 e. The van der Waals surface area contributed by atoms with Crippen molar-refractivity contribution in [3.63, 3.8) is 0 Å². The normalized spacial score (nSPS) is 13.9. The van der Waals surface area contributed by atoms with Crippen LogP contribution >= 0.6 is 0 Å². The fourth-order valence-corrected chi connectivity index (χ4v) is 5.82. The van der Waals surface area contributed by atoms with Crippen molar-refractivity contribution >= 4 is 62.5 Å². The molecule has 2 aliphatic heterocycles. The summed E-state index contributed by atoms with van der Waals surface area (Å²) >= 11 is 0. The van der Waals surface area contributed by atoms with Gasteiger partial charge in [0.1, 0.15) is 6.54 Å². The van der Waals surface area contributed by atoms with E-state index in [2.05, 4.69) is 10.6 Å². The van der Waals surface area contributed by atoms with Gasteiger partial charge in [-0.25, -0.2) is 0 Å². The highest BCUT2D eigenvalue weighted by atomic mass is 16.6. The third kappa shape index (κ3) is 5.17. The molecule has 0 atom stereocenters. The molecule has 0 radical (unpaired) electrons. The van der Waals surface area contributed by atoms with E-state index in [9.17, 15) is 44.2 Å². The van der Waals surface area contributed by atoms with Crippen molar-refractivity contribution in [2.45, 2.75) is 6.42 Å². The van der Waals surface area contributed by atoms with Gasteiger partial charge in [-0.15, -0.1) is 0 Å². The lowest BCUT2D eigenvalue weighted by molar-refractivity contribution is -0.384. The molecule has 2 N–H and O–H groups in total. The maximum atomic E-state index is 13.1. The molecule has 232 valence electrons. The second kappa shape index (κ2) is 11.8. The molecular formula is C31H24N6O9. The SMILES string of the molecule is O=C(CN1C(=O)c2cccc3cc([N+](=O)[O-])cc(c23)C1=O)NCCNCCCN1C(=O)c2cccc3cc([N+](=O)[O-])cc(c23)C1=O. The van der Waals surface area contributed by atoms with E-state index < -0.39 is 45.9 Å². The van der Waals surface area contributed by atoms with Crippen LogP contribution in [0.1, 0.15) is 47.9 Å². The van der Waals surface area contributed by atoms with Crippen LogP contribution in [0.25, 0.3) is 21.5 Å². The lowest BCUT2D eigenvalue weighted by atomic mass is 9.93. The second-order valence-electron chi connectivity index (χ2n) is 10.7. The highest BCUT2D eigenvalue weighted by Gasteiger charge is 2.36. The highest BCUT2D eigenvalue weighted by Crippen LogP contribution is 2.34. The summed E-state index contributed by atoms with van der Waals surface area (Å²) in [5, 5.41) is 29.9. The van der Waals surface area contributed by atoms with Crippen LogP contribution < -0.4 is 10.6 Å². The summed E-state index contributed by atoms with van der Waals surface area (Å²) in [6, 6.07) is 14.3. The fourth-order valence-electron chi connectivity index (χ4n) is 5.82. The first-order valence-electron chi connectivity index (χ1n) is 14.2. The van der Waals surface area contributed by atoms with Crippen LogP contribution in [-0.2, 0) is 4.79 Å². The molecule has 0 bridgehead atoms. The molecule has 15 heteroatoms. The summed E-state index contributed by atoms with van der Waals surface area (Å²) in [5.41, 5.74) is -0.0245. The van der Waals surface area contributed by atoms with Crippen molar-refractivity contribution in [2.24, 2.45) is 0 Å². The zero-order valence-electron chi connectivity index (χ0n) is 24.0. The van der Waals surface area contributed by atoms with E-state index in [0.29, 0.717) is 40.1 Å². The Bertz CT molecular complexity index is 2040. The number of nitro benzene ring substituents is 2. The molecule has 6 rings (SSSR count). The van der Waals surface area contributed by atoms with Gasteiger partial charge < -0.3 is 10.6 Å². The van der Waals surface area contributed by atoms with Crippen molar-refractivity contribution in [3.8, 4) is 0 Å². The van der Waals surface area contributed by atoms with Gasteiger partial charge in [0.25, 0.3) is 35.0 Å². The van der Waals surface area contributed by atoms with Gasteiger partial charge in [-0.05, 0) is 35.9 Å². The maximum Gasteiger partial charge on any atom is 0.270 e. The molecule has 4 aromatic carbocycles. The summed E-state index contributed by atoms with van der Waals surface area (Å²) < 4.78 is 0. The number of nitrogens with one attached hydrogen (secondary N) is 2. The molecule has 2 aliphatic rings. The zero-order valence-corrected chi connectivity index (χ0v) is 24.0. The highest BCUT2D eigenvalue weighted by molar-refractivity contribution is 6.27. The smallest absolute Gasteiger partial charge is 0.270 e. The van der Waals surface area contributed by atoms with Gasteiger partial charge in [0, 0.05) is 65.8 Å². The Labute approximate surface area is 259 Å². The second-order valence-corrected chi connectivity index (χ2v) is 10.7. The van der Waals surface area contributed by atoms with Gasteiger partial charge in [0.15, 0.2) is 0 Å². The standard InChI is InChI=1S/C31H24N6O9/c38-25(16-35-29(40)22-7-2-5-18-13-20(37(45)46)15-24(27(18)22)31(35)42)33-10-9-32-8-3-11-34-28(39)21-6-1-4-17-12-19(36(43)44)14-23(26(17)21)30(34)41/h1-2,4-7,12-15,32H,3,8-11,16H2,(H,33,38). The van der Waals surface area contributed by atoms with Gasteiger partial charge in [-0.1, -0.05) is 24.3 Å². The number of amides is 5. The number of benzene rings is 4. The predicted molar refractivity (Wildman–Crippen MR) is 162 cm³/mol. The van der Waals surface area contributed by atoms with Gasteiger partial charge >= 0.3 is 0 Å². The number of hydrogen-bond acceptors (Lipinski definition) is 10. The van der Waals surface area contributed by atoms with Crippen LogP contribution in [0, 0.1) is 20.2 Å². The first kappa shape index (κ1) is 30.0. The minimum atomic E-state index is -0.805.